The van der Waals surface area contributed by atoms with Crippen molar-refractivity contribution in [3.63, 3.8) is 0 Å². The van der Waals surface area contributed by atoms with Gasteiger partial charge in [0, 0.05) is 18.1 Å². The van der Waals surface area contributed by atoms with Gasteiger partial charge in [-0.3, -0.25) is 4.79 Å². The minimum atomic E-state index is -3.75. The fourth-order valence-electron chi connectivity index (χ4n) is 3.78. The Morgan fingerprint density at radius 1 is 1.03 bits per heavy atom. The van der Waals surface area contributed by atoms with E-state index in [0.717, 1.165) is 16.3 Å². The number of halogens is 1. The van der Waals surface area contributed by atoms with Crippen molar-refractivity contribution in [1.82, 2.24) is 9.62 Å². The van der Waals surface area contributed by atoms with Gasteiger partial charge >= 0.3 is 0 Å². The van der Waals surface area contributed by atoms with Gasteiger partial charge in [0.15, 0.2) is 0 Å². The molecule has 3 aromatic rings. The van der Waals surface area contributed by atoms with E-state index < -0.39 is 16.1 Å². The van der Waals surface area contributed by atoms with Crippen molar-refractivity contribution < 1.29 is 13.2 Å². The van der Waals surface area contributed by atoms with Gasteiger partial charge in [0.25, 0.3) is 0 Å². The Morgan fingerprint density at radius 3 is 2.55 bits per heavy atom. The minimum absolute atomic E-state index is 0.149. The van der Waals surface area contributed by atoms with Crippen LogP contribution in [-0.2, 0) is 21.4 Å². The molecular weight excluding hydrogens is 408 g/mol. The van der Waals surface area contributed by atoms with E-state index in [1.807, 2.05) is 42.5 Å². The van der Waals surface area contributed by atoms with Crippen molar-refractivity contribution in [2.45, 2.75) is 30.3 Å². The Hall–Kier alpha value is -2.41. The van der Waals surface area contributed by atoms with E-state index in [9.17, 15) is 13.2 Å². The van der Waals surface area contributed by atoms with Gasteiger partial charge in [-0.15, -0.1) is 0 Å². The highest BCUT2D eigenvalue weighted by Crippen LogP contribution is 2.27. The van der Waals surface area contributed by atoms with Crippen molar-refractivity contribution in [1.29, 1.82) is 0 Å². The predicted molar refractivity (Wildman–Crippen MR) is 114 cm³/mol. The van der Waals surface area contributed by atoms with E-state index in [4.69, 9.17) is 11.6 Å². The molecule has 0 aliphatic carbocycles. The fourth-order valence-corrected chi connectivity index (χ4v) is 5.56. The molecule has 3 aromatic carbocycles. The topological polar surface area (TPSA) is 66.5 Å². The van der Waals surface area contributed by atoms with Crippen LogP contribution in [0.2, 0.25) is 5.02 Å². The molecular formula is C22H21ClN2O3S. The second-order valence-electron chi connectivity index (χ2n) is 7.08. The molecule has 29 heavy (non-hydrogen) atoms. The number of nitrogens with zero attached hydrogens (tertiary/aromatic N) is 1. The van der Waals surface area contributed by atoms with Crippen molar-refractivity contribution in [2.75, 3.05) is 6.54 Å². The van der Waals surface area contributed by atoms with E-state index in [0.29, 0.717) is 31.0 Å². The van der Waals surface area contributed by atoms with Crippen LogP contribution in [0.3, 0.4) is 0 Å². The first-order valence-corrected chi connectivity index (χ1v) is 11.3. The van der Waals surface area contributed by atoms with Gasteiger partial charge in [-0.1, -0.05) is 54.1 Å². The molecule has 1 atom stereocenters. The zero-order chi connectivity index (χ0) is 20.4. The maximum absolute atomic E-state index is 13.0. The average Bonchev–Trinajstić information content (AvgIpc) is 3.23. The summed E-state index contributed by atoms with van der Waals surface area (Å²) in [4.78, 5) is 13.0. The lowest BCUT2D eigenvalue weighted by Crippen LogP contribution is -2.45. The Balaban J connectivity index is 1.51. The number of rotatable bonds is 5. The van der Waals surface area contributed by atoms with Crippen molar-refractivity contribution >= 4 is 38.3 Å². The quantitative estimate of drug-likeness (QED) is 0.668. The van der Waals surface area contributed by atoms with E-state index in [1.165, 1.54) is 16.4 Å². The first kappa shape index (κ1) is 19.9. The summed E-state index contributed by atoms with van der Waals surface area (Å²) in [7, 11) is -3.75. The van der Waals surface area contributed by atoms with Crippen LogP contribution in [0.15, 0.2) is 71.6 Å². The minimum Gasteiger partial charge on any atom is -0.351 e. The van der Waals surface area contributed by atoms with Crippen LogP contribution < -0.4 is 5.32 Å². The Labute approximate surface area is 175 Å². The van der Waals surface area contributed by atoms with Crippen LogP contribution in [-0.4, -0.2) is 31.2 Å². The molecule has 0 saturated carbocycles. The molecule has 7 heteroatoms. The molecule has 1 fully saturated rings. The Morgan fingerprint density at radius 2 is 1.76 bits per heavy atom. The van der Waals surface area contributed by atoms with Crippen molar-refractivity contribution in [3.05, 3.63) is 77.3 Å². The standard InChI is InChI=1S/C22H21ClN2O3S/c23-18-10-12-19(13-11-18)29(27,28)25-14-4-9-21(25)22(26)24-15-17-7-3-6-16-5-1-2-8-20(16)17/h1-3,5-8,10-13,21H,4,9,14-15H2,(H,24,26). The van der Waals surface area contributed by atoms with Gasteiger partial charge < -0.3 is 5.32 Å². The SMILES string of the molecule is O=C(NCc1cccc2ccccc12)C1CCCN1S(=O)(=O)c1ccc(Cl)cc1. The molecule has 1 amide bonds. The third-order valence-corrected chi connectivity index (χ3v) is 7.43. The summed E-state index contributed by atoms with van der Waals surface area (Å²) < 4.78 is 27.3. The van der Waals surface area contributed by atoms with Gasteiger partial charge in [0.1, 0.15) is 6.04 Å². The lowest BCUT2D eigenvalue weighted by molar-refractivity contribution is -0.124. The predicted octanol–water partition coefficient (Wildman–Crippen LogP) is 3.96. The number of sulfonamides is 1. The zero-order valence-corrected chi connectivity index (χ0v) is 17.3. The molecule has 5 nitrogen and oxygen atoms in total. The number of amides is 1. The Kier molecular flexibility index (Phi) is 5.58. The lowest BCUT2D eigenvalue weighted by atomic mass is 10.0. The number of hydrogen-bond donors (Lipinski definition) is 1. The van der Waals surface area contributed by atoms with Crippen LogP contribution in [0.1, 0.15) is 18.4 Å². The van der Waals surface area contributed by atoms with Crippen LogP contribution >= 0.6 is 11.6 Å². The number of carbonyl (C=O) groups excluding carboxylic acids is 1. The maximum atomic E-state index is 13.0. The van der Waals surface area contributed by atoms with Crippen LogP contribution in [0.5, 0.6) is 0 Å². The highest BCUT2D eigenvalue weighted by atomic mass is 35.5. The van der Waals surface area contributed by atoms with Crippen LogP contribution in [0.4, 0.5) is 0 Å². The molecule has 1 unspecified atom stereocenters. The summed E-state index contributed by atoms with van der Waals surface area (Å²) in [5, 5.41) is 5.58. The van der Waals surface area contributed by atoms with Gasteiger partial charge in [0.2, 0.25) is 15.9 Å². The van der Waals surface area contributed by atoms with E-state index >= 15 is 0 Å². The molecule has 1 N–H and O–H groups in total. The van der Waals surface area contributed by atoms with Gasteiger partial charge in [-0.05, 0) is 53.4 Å². The third kappa shape index (κ3) is 4.01. The molecule has 0 spiro atoms. The highest BCUT2D eigenvalue weighted by molar-refractivity contribution is 7.89. The summed E-state index contributed by atoms with van der Waals surface area (Å²) in [5.41, 5.74) is 1.00. The molecule has 4 rings (SSSR count). The van der Waals surface area contributed by atoms with E-state index in [1.54, 1.807) is 12.1 Å². The largest absolute Gasteiger partial charge is 0.351 e. The first-order chi connectivity index (χ1) is 14.0. The summed E-state index contributed by atoms with van der Waals surface area (Å²) in [6.45, 7) is 0.683. The van der Waals surface area contributed by atoms with E-state index in [-0.39, 0.29) is 10.8 Å². The number of nitrogens with one attached hydrogen (secondary N) is 1. The molecule has 1 aliphatic rings. The molecule has 0 bridgehead atoms. The maximum Gasteiger partial charge on any atom is 0.243 e. The fraction of sp³-hybridized carbons (Fsp3) is 0.227. The van der Waals surface area contributed by atoms with E-state index in [2.05, 4.69) is 5.32 Å². The Bertz CT molecular complexity index is 1140. The molecule has 0 radical (unpaired) electrons. The zero-order valence-electron chi connectivity index (χ0n) is 15.7. The van der Waals surface area contributed by atoms with Crippen molar-refractivity contribution in [3.8, 4) is 0 Å². The molecule has 150 valence electrons. The van der Waals surface area contributed by atoms with Crippen LogP contribution in [0, 0.1) is 0 Å². The third-order valence-electron chi connectivity index (χ3n) is 5.26. The second kappa shape index (κ2) is 8.14. The lowest BCUT2D eigenvalue weighted by Gasteiger charge is -2.23. The molecule has 1 heterocycles. The number of hydrogen-bond acceptors (Lipinski definition) is 3. The first-order valence-electron chi connectivity index (χ1n) is 9.48. The van der Waals surface area contributed by atoms with Crippen LogP contribution in [0.25, 0.3) is 10.8 Å². The number of carbonyl (C=O) groups is 1. The van der Waals surface area contributed by atoms with Gasteiger partial charge in [-0.2, -0.15) is 4.31 Å². The summed E-state index contributed by atoms with van der Waals surface area (Å²) >= 11 is 5.87. The van der Waals surface area contributed by atoms with Gasteiger partial charge in [0.05, 0.1) is 4.90 Å². The normalized spacial score (nSPS) is 17.5. The molecule has 1 saturated heterocycles. The number of benzene rings is 3. The summed E-state index contributed by atoms with van der Waals surface area (Å²) in [6.07, 6.45) is 1.16. The highest BCUT2D eigenvalue weighted by Gasteiger charge is 2.39. The smallest absolute Gasteiger partial charge is 0.243 e. The second-order valence-corrected chi connectivity index (χ2v) is 9.41. The summed E-state index contributed by atoms with van der Waals surface area (Å²) in [6, 6.07) is 19.3. The number of fused-ring (bicyclic) bond motifs is 1. The molecule has 0 aromatic heterocycles. The molecule has 1 aliphatic heterocycles. The van der Waals surface area contributed by atoms with Gasteiger partial charge in [-0.25, -0.2) is 8.42 Å². The average molecular weight is 429 g/mol. The summed E-state index contributed by atoms with van der Waals surface area (Å²) in [5.74, 6) is -0.270. The monoisotopic (exact) mass is 428 g/mol. The van der Waals surface area contributed by atoms with Crippen molar-refractivity contribution in [2.24, 2.45) is 0 Å².